The van der Waals surface area contributed by atoms with Crippen molar-refractivity contribution in [2.45, 2.75) is 12.5 Å². The van der Waals surface area contributed by atoms with E-state index < -0.39 is 12.0 Å². The molecule has 0 aromatic carbocycles. The topological polar surface area (TPSA) is 65.2 Å². The van der Waals surface area contributed by atoms with Gasteiger partial charge in [-0.05, 0) is 18.1 Å². The molecule has 0 spiro atoms. The van der Waals surface area contributed by atoms with E-state index in [1.807, 2.05) is 6.07 Å². The highest BCUT2D eigenvalue weighted by molar-refractivity contribution is 5.75. The molecule has 13 heavy (non-hydrogen) atoms. The molecule has 1 unspecified atom stereocenters. The molecule has 0 aliphatic heterocycles. The Morgan fingerprint density at radius 3 is 3.08 bits per heavy atom. The maximum Gasteiger partial charge on any atom is 0.322 e. The molecule has 1 rings (SSSR count). The first kappa shape index (κ1) is 9.67. The lowest BCUT2D eigenvalue weighted by Gasteiger charge is -2.07. The van der Waals surface area contributed by atoms with Crippen LogP contribution in [0.1, 0.15) is 5.56 Å². The van der Waals surface area contributed by atoms with Crippen LogP contribution in [0.25, 0.3) is 0 Å². The molecule has 0 saturated carbocycles. The van der Waals surface area contributed by atoms with Crippen LogP contribution in [0.4, 0.5) is 0 Å². The second-order valence-corrected chi connectivity index (χ2v) is 2.70. The molecule has 0 amide bonds. The van der Waals surface area contributed by atoms with Gasteiger partial charge in [0.25, 0.3) is 0 Å². The third-order valence-corrected chi connectivity index (χ3v) is 1.68. The van der Waals surface area contributed by atoms with Crippen LogP contribution < -0.4 is 5.73 Å². The number of methoxy groups -OCH3 is 1. The Hall–Kier alpha value is -1.42. The summed E-state index contributed by atoms with van der Waals surface area (Å²) in [5.41, 5.74) is 6.49. The fraction of sp³-hybridized carbons (Fsp3) is 0.333. The highest BCUT2D eigenvalue weighted by Crippen LogP contribution is 2.00. The zero-order chi connectivity index (χ0) is 9.68. The van der Waals surface area contributed by atoms with Gasteiger partial charge in [-0.25, -0.2) is 0 Å². The Bertz CT molecular complexity index is 274. The number of nitrogens with two attached hydrogens (primary N) is 1. The number of carbonyl (C=O) groups is 1. The van der Waals surface area contributed by atoms with E-state index in [-0.39, 0.29) is 0 Å². The summed E-state index contributed by atoms with van der Waals surface area (Å²) in [4.78, 5) is 14.9. The standard InChI is InChI=1S/C9H12N2O2/c1-13-9(12)8(10)5-7-3-2-4-11-6-7/h2-4,6,8H,5,10H2,1H3. The number of rotatable bonds is 3. The van der Waals surface area contributed by atoms with Gasteiger partial charge in [0, 0.05) is 12.4 Å². The molecular formula is C9H12N2O2. The van der Waals surface area contributed by atoms with Crippen molar-refractivity contribution in [1.82, 2.24) is 4.98 Å². The van der Waals surface area contributed by atoms with Crippen molar-refractivity contribution >= 4 is 5.97 Å². The van der Waals surface area contributed by atoms with E-state index in [4.69, 9.17) is 5.73 Å². The fourth-order valence-corrected chi connectivity index (χ4v) is 1.01. The van der Waals surface area contributed by atoms with Crippen LogP contribution in [-0.2, 0) is 16.0 Å². The number of pyridine rings is 1. The maximum absolute atomic E-state index is 10.9. The summed E-state index contributed by atoms with van der Waals surface area (Å²) in [6.45, 7) is 0. The molecule has 0 fully saturated rings. The van der Waals surface area contributed by atoms with Crippen molar-refractivity contribution in [3.05, 3.63) is 30.1 Å². The minimum Gasteiger partial charge on any atom is -0.468 e. The van der Waals surface area contributed by atoms with Gasteiger partial charge in [0.1, 0.15) is 6.04 Å². The number of carbonyl (C=O) groups excluding carboxylic acids is 1. The normalized spacial score (nSPS) is 12.2. The molecule has 0 radical (unpaired) electrons. The molecule has 1 atom stereocenters. The van der Waals surface area contributed by atoms with E-state index in [1.165, 1.54) is 7.11 Å². The molecule has 0 bridgehead atoms. The van der Waals surface area contributed by atoms with Crippen LogP contribution in [0.5, 0.6) is 0 Å². The molecule has 70 valence electrons. The number of nitrogens with zero attached hydrogens (tertiary/aromatic N) is 1. The lowest BCUT2D eigenvalue weighted by Crippen LogP contribution is -2.33. The molecule has 1 heterocycles. The van der Waals surface area contributed by atoms with Crippen LogP contribution in [0.15, 0.2) is 24.5 Å². The van der Waals surface area contributed by atoms with Crippen LogP contribution in [0, 0.1) is 0 Å². The molecule has 1 aromatic heterocycles. The van der Waals surface area contributed by atoms with E-state index in [0.29, 0.717) is 6.42 Å². The van der Waals surface area contributed by atoms with Crippen molar-refractivity contribution in [3.63, 3.8) is 0 Å². The molecule has 0 saturated heterocycles. The number of ether oxygens (including phenoxy) is 1. The van der Waals surface area contributed by atoms with E-state index >= 15 is 0 Å². The summed E-state index contributed by atoms with van der Waals surface area (Å²) in [5, 5.41) is 0. The number of aromatic nitrogens is 1. The third kappa shape index (κ3) is 2.83. The van der Waals surface area contributed by atoms with Gasteiger partial charge in [0.15, 0.2) is 0 Å². The van der Waals surface area contributed by atoms with Gasteiger partial charge in [0.05, 0.1) is 7.11 Å². The summed E-state index contributed by atoms with van der Waals surface area (Å²) >= 11 is 0. The number of esters is 1. The first-order valence-electron chi connectivity index (χ1n) is 3.96. The van der Waals surface area contributed by atoms with Gasteiger partial charge in [-0.15, -0.1) is 0 Å². The summed E-state index contributed by atoms with van der Waals surface area (Å²) in [5.74, 6) is -0.399. The molecule has 4 heteroatoms. The third-order valence-electron chi connectivity index (χ3n) is 1.68. The Balaban J connectivity index is 2.55. The Labute approximate surface area is 76.7 Å². The van der Waals surface area contributed by atoms with Gasteiger partial charge in [-0.2, -0.15) is 0 Å². The van der Waals surface area contributed by atoms with Crippen molar-refractivity contribution in [2.75, 3.05) is 7.11 Å². The first-order chi connectivity index (χ1) is 6.24. The average molecular weight is 180 g/mol. The van der Waals surface area contributed by atoms with Crippen LogP contribution in [0.3, 0.4) is 0 Å². The minimum atomic E-state index is -0.603. The van der Waals surface area contributed by atoms with Crippen LogP contribution in [0.2, 0.25) is 0 Å². The van der Waals surface area contributed by atoms with Crippen LogP contribution >= 0.6 is 0 Å². The molecular weight excluding hydrogens is 168 g/mol. The van der Waals surface area contributed by atoms with E-state index in [2.05, 4.69) is 9.72 Å². The Morgan fingerprint density at radius 1 is 1.77 bits per heavy atom. The molecule has 4 nitrogen and oxygen atoms in total. The highest BCUT2D eigenvalue weighted by Gasteiger charge is 2.13. The Morgan fingerprint density at radius 2 is 2.54 bits per heavy atom. The van der Waals surface area contributed by atoms with Crippen LogP contribution in [-0.4, -0.2) is 24.1 Å². The van der Waals surface area contributed by atoms with E-state index in [1.54, 1.807) is 18.5 Å². The lowest BCUT2D eigenvalue weighted by atomic mass is 10.1. The lowest BCUT2D eigenvalue weighted by molar-refractivity contribution is -0.142. The zero-order valence-corrected chi connectivity index (χ0v) is 7.43. The molecule has 0 aliphatic carbocycles. The predicted octanol–water partition coefficient (Wildman–Crippen LogP) is 0.124. The summed E-state index contributed by atoms with van der Waals surface area (Å²) < 4.78 is 4.50. The van der Waals surface area contributed by atoms with Gasteiger partial charge in [0.2, 0.25) is 0 Å². The van der Waals surface area contributed by atoms with Gasteiger partial charge >= 0.3 is 5.97 Å². The Kier molecular flexibility index (Phi) is 3.40. The molecule has 0 aliphatic rings. The summed E-state index contributed by atoms with van der Waals surface area (Å²) in [7, 11) is 1.32. The van der Waals surface area contributed by atoms with Crippen molar-refractivity contribution in [3.8, 4) is 0 Å². The second-order valence-electron chi connectivity index (χ2n) is 2.70. The van der Waals surface area contributed by atoms with E-state index in [0.717, 1.165) is 5.56 Å². The minimum absolute atomic E-state index is 0.399. The first-order valence-corrected chi connectivity index (χ1v) is 3.96. The van der Waals surface area contributed by atoms with Crippen molar-refractivity contribution < 1.29 is 9.53 Å². The smallest absolute Gasteiger partial charge is 0.322 e. The van der Waals surface area contributed by atoms with Gasteiger partial charge in [-0.1, -0.05) is 6.07 Å². The van der Waals surface area contributed by atoms with Crippen molar-refractivity contribution in [2.24, 2.45) is 5.73 Å². The monoisotopic (exact) mass is 180 g/mol. The van der Waals surface area contributed by atoms with E-state index in [9.17, 15) is 4.79 Å². The number of hydrogen-bond donors (Lipinski definition) is 1. The number of hydrogen-bond acceptors (Lipinski definition) is 4. The summed E-state index contributed by atoms with van der Waals surface area (Å²) in [6, 6.07) is 3.07. The van der Waals surface area contributed by atoms with Gasteiger partial charge in [-0.3, -0.25) is 9.78 Å². The largest absolute Gasteiger partial charge is 0.468 e. The average Bonchev–Trinajstić information content (AvgIpc) is 2.18. The molecule has 1 aromatic rings. The predicted molar refractivity (Wildman–Crippen MR) is 47.9 cm³/mol. The second kappa shape index (κ2) is 4.57. The molecule has 2 N–H and O–H groups in total. The van der Waals surface area contributed by atoms with Gasteiger partial charge < -0.3 is 10.5 Å². The van der Waals surface area contributed by atoms with Crippen molar-refractivity contribution in [1.29, 1.82) is 0 Å². The zero-order valence-electron chi connectivity index (χ0n) is 7.43. The highest BCUT2D eigenvalue weighted by atomic mass is 16.5. The SMILES string of the molecule is COC(=O)C(N)Cc1cccnc1. The maximum atomic E-state index is 10.9. The quantitative estimate of drug-likeness (QED) is 0.671. The fourth-order valence-electron chi connectivity index (χ4n) is 1.01. The summed E-state index contributed by atoms with van der Waals surface area (Å²) in [6.07, 6.45) is 3.82.